The second-order valence-corrected chi connectivity index (χ2v) is 7.51. The van der Waals surface area contributed by atoms with Gasteiger partial charge in [0.05, 0.1) is 16.4 Å². The highest BCUT2D eigenvalue weighted by atomic mass is 35.5. The van der Waals surface area contributed by atoms with Crippen molar-refractivity contribution in [2.45, 2.75) is 19.8 Å². The molecule has 0 aliphatic heterocycles. The second kappa shape index (κ2) is 6.59. The van der Waals surface area contributed by atoms with Crippen molar-refractivity contribution < 1.29 is 4.79 Å². The van der Waals surface area contributed by atoms with E-state index >= 15 is 0 Å². The maximum Gasteiger partial charge on any atom is 0.267 e. The Morgan fingerprint density at radius 1 is 1.25 bits per heavy atom. The number of hydrogen-bond acceptors (Lipinski definition) is 4. The number of nitrogen functional groups attached to an aromatic ring is 1. The zero-order valence-corrected chi connectivity index (χ0v) is 15.4. The van der Waals surface area contributed by atoms with E-state index in [0.717, 1.165) is 15.9 Å². The van der Waals surface area contributed by atoms with Crippen molar-refractivity contribution in [2.24, 2.45) is 0 Å². The van der Waals surface area contributed by atoms with Crippen molar-refractivity contribution in [3.63, 3.8) is 0 Å². The number of thiophene rings is 1. The largest absolute Gasteiger partial charge is 0.397 e. The summed E-state index contributed by atoms with van der Waals surface area (Å²) in [7, 11) is 0. The van der Waals surface area contributed by atoms with Crippen LogP contribution in [0.25, 0.3) is 10.2 Å². The van der Waals surface area contributed by atoms with Gasteiger partial charge in [-0.1, -0.05) is 37.0 Å². The molecule has 7 heteroatoms. The molecule has 0 unspecified atom stereocenters. The van der Waals surface area contributed by atoms with Gasteiger partial charge in [0.15, 0.2) is 0 Å². The quantitative estimate of drug-likeness (QED) is 0.625. The number of nitrogens with two attached hydrogens (primary N) is 1. The number of nitrogens with zero attached hydrogens (tertiary/aromatic N) is 1. The number of aromatic nitrogens is 1. The van der Waals surface area contributed by atoms with E-state index in [1.54, 1.807) is 18.2 Å². The van der Waals surface area contributed by atoms with Crippen LogP contribution in [0.5, 0.6) is 0 Å². The molecule has 0 atom stereocenters. The van der Waals surface area contributed by atoms with E-state index in [1.165, 1.54) is 11.3 Å². The monoisotopic (exact) mass is 379 g/mol. The van der Waals surface area contributed by atoms with Gasteiger partial charge in [-0.05, 0) is 36.2 Å². The molecule has 1 amide bonds. The number of hydrogen-bond donors (Lipinski definition) is 2. The third kappa shape index (κ3) is 3.20. The number of halogens is 2. The van der Waals surface area contributed by atoms with Crippen LogP contribution in [-0.2, 0) is 0 Å². The normalized spacial score (nSPS) is 11.2. The van der Waals surface area contributed by atoms with Crippen LogP contribution >= 0.6 is 34.5 Å². The summed E-state index contributed by atoms with van der Waals surface area (Å²) in [5, 5.41) is 4.43. The maximum atomic E-state index is 12.6. The van der Waals surface area contributed by atoms with Gasteiger partial charge in [0.2, 0.25) is 0 Å². The van der Waals surface area contributed by atoms with E-state index in [1.807, 2.05) is 12.1 Å². The van der Waals surface area contributed by atoms with Crippen molar-refractivity contribution in [1.29, 1.82) is 0 Å². The van der Waals surface area contributed by atoms with Crippen LogP contribution in [0.2, 0.25) is 10.0 Å². The molecule has 1 aromatic carbocycles. The number of pyridine rings is 1. The van der Waals surface area contributed by atoms with E-state index in [-0.39, 0.29) is 5.91 Å². The Morgan fingerprint density at radius 3 is 2.67 bits per heavy atom. The van der Waals surface area contributed by atoms with E-state index < -0.39 is 0 Å². The molecule has 0 bridgehead atoms. The van der Waals surface area contributed by atoms with Crippen LogP contribution in [0.1, 0.15) is 35.1 Å². The summed E-state index contributed by atoms with van der Waals surface area (Å²) < 4.78 is 0. The number of amides is 1. The Hall–Kier alpha value is -1.82. The molecule has 0 aliphatic carbocycles. The molecule has 4 nitrogen and oxygen atoms in total. The molecule has 2 heterocycles. The summed E-state index contributed by atoms with van der Waals surface area (Å²) in [6, 6.07) is 8.74. The Bertz CT molecular complexity index is 937. The highest BCUT2D eigenvalue weighted by Gasteiger charge is 2.19. The highest BCUT2D eigenvalue weighted by Crippen LogP contribution is 2.34. The minimum Gasteiger partial charge on any atom is -0.397 e. The van der Waals surface area contributed by atoms with E-state index in [9.17, 15) is 4.79 Å². The molecule has 3 aromatic rings. The van der Waals surface area contributed by atoms with Crippen molar-refractivity contribution in [2.75, 3.05) is 11.1 Å². The minimum absolute atomic E-state index is 0.308. The standard InChI is InChI=1S/C17H15Cl2N3OS/c1-8(2)12-6-4-10-14(20)15(24-17(10)22-12)16(23)21-13-5-3-9(18)7-11(13)19/h3-8H,20H2,1-2H3,(H,21,23). The highest BCUT2D eigenvalue weighted by molar-refractivity contribution is 7.21. The Kier molecular flexibility index (Phi) is 4.67. The molecule has 0 fully saturated rings. The molecule has 0 saturated heterocycles. The second-order valence-electron chi connectivity index (χ2n) is 5.67. The lowest BCUT2D eigenvalue weighted by Crippen LogP contribution is -2.12. The molecule has 0 spiro atoms. The number of benzene rings is 1. The smallest absolute Gasteiger partial charge is 0.267 e. The van der Waals surface area contributed by atoms with Gasteiger partial charge < -0.3 is 11.1 Å². The minimum atomic E-state index is -0.314. The molecule has 124 valence electrons. The van der Waals surface area contributed by atoms with Gasteiger partial charge in [-0.2, -0.15) is 0 Å². The summed E-state index contributed by atoms with van der Waals surface area (Å²) in [6.45, 7) is 4.14. The van der Waals surface area contributed by atoms with Gasteiger partial charge in [0, 0.05) is 16.1 Å². The van der Waals surface area contributed by atoms with Crippen LogP contribution in [0.15, 0.2) is 30.3 Å². The SMILES string of the molecule is CC(C)c1ccc2c(N)c(C(=O)Nc3ccc(Cl)cc3Cl)sc2n1. The van der Waals surface area contributed by atoms with E-state index in [2.05, 4.69) is 24.1 Å². The van der Waals surface area contributed by atoms with Crippen LogP contribution in [0.4, 0.5) is 11.4 Å². The summed E-state index contributed by atoms with van der Waals surface area (Å²) in [5.41, 5.74) is 8.02. The van der Waals surface area contributed by atoms with Gasteiger partial charge in [-0.25, -0.2) is 4.98 Å². The molecular formula is C17H15Cl2N3OS. The van der Waals surface area contributed by atoms with Gasteiger partial charge in [-0.15, -0.1) is 11.3 Å². The third-order valence-electron chi connectivity index (χ3n) is 3.59. The lowest BCUT2D eigenvalue weighted by atomic mass is 10.1. The first kappa shape index (κ1) is 17.0. The zero-order valence-electron chi connectivity index (χ0n) is 13.1. The average molecular weight is 380 g/mol. The first-order valence-corrected chi connectivity index (χ1v) is 8.89. The molecule has 2 aromatic heterocycles. The maximum absolute atomic E-state index is 12.6. The summed E-state index contributed by atoms with van der Waals surface area (Å²) >= 11 is 13.2. The molecule has 3 N–H and O–H groups in total. The Balaban J connectivity index is 1.96. The molecule has 3 rings (SSSR count). The fourth-order valence-electron chi connectivity index (χ4n) is 2.27. The van der Waals surface area contributed by atoms with Crippen molar-refractivity contribution in [1.82, 2.24) is 4.98 Å². The fraction of sp³-hybridized carbons (Fsp3) is 0.176. The summed E-state index contributed by atoms with van der Waals surface area (Å²) in [5.74, 6) is -0.00584. The average Bonchev–Trinajstić information content (AvgIpc) is 2.86. The van der Waals surface area contributed by atoms with E-state index in [0.29, 0.717) is 32.2 Å². The van der Waals surface area contributed by atoms with Gasteiger partial charge in [-0.3, -0.25) is 4.79 Å². The Labute approximate surface area is 153 Å². The van der Waals surface area contributed by atoms with Gasteiger partial charge >= 0.3 is 0 Å². The number of carbonyl (C=O) groups excluding carboxylic acids is 1. The summed E-state index contributed by atoms with van der Waals surface area (Å²) in [4.78, 5) is 18.3. The number of anilines is 2. The molecule has 0 saturated carbocycles. The number of carbonyl (C=O) groups is 1. The van der Waals surface area contributed by atoms with Crippen molar-refractivity contribution in [3.05, 3.63) is 50.9 Å². The predicted molar refractivity (Wildman–Crippen MR) is 103 cm³/mol. The predicted octanol–water partition coefficient (Wildman–Crippen LogP) is 5.56. The topological polar surface area (TPSA) is 68.0 Å². The van der Waals surface area contributed by atoms with Crippen LogP contribution in [0, 0.1) is 0 Å². The lowest BCUT2D eigenvalue weighted by Gasteiger charge is -2.06. The fourth-order valence-corrected chi connectivity index (χ4v) is 3.72. The zero-order chi connectivity index (χ0) is 17.4. The first-order chi connectivity index (χ1) is 11.4. The van der Waals surface area contributed by atoms with Crippen LogP contribution < -0.4 is 11.1 Å². The van der Waals surface area contributed by atoms with Crippen molar-refractivity contribution in [3.8, 4) is 0 Å². The summed E-state index contributed by atoms with van der Waals surface area (Å²) in [6.07, 6.45) is 0. The van der Waals surface area contributed by atoms with Crippen molar-refractivity contribution >= 4 is 62.0 Å². The van der Waals surface area contributed by atoms with Gasteiger partial charge in [0.25, 0.3) is 5.91 Å². The van der Waals surface area contributed by atoms with Crippen LogP contribution in [-0.4, -0.2) is 10.9 Å². The molecule has 0 aliphatic rings. The number of rotatable bonds is 3. The molecular weight excluding hydrogens is 365 g/mol. The van der Waals surface area contributed by atoms with E-state index in [4.69, 9.17) is 28.9 Å². The first-order valence-electron chi connectivity index (χ1n) is 7.32. The third-order valence-corrected chi connectivity index (χ3v) is 5.25. The number of nitrogens with one attached hydrogen (secondary N) is 1. The van der Waals surface area contributed by atoms with Crippen LogP contribution in [0.3, 0.4) is 0 Å². The van der Waals surface area contributed by atoms with Gasteiger partial charge in [0.1, 0.15) is 9.71 Å². The molecule has 24 heavy (non-hydrogen) atoms. The number of fused-ring (bicyclic) bond motifs is 1. The molecule has 0 radical (unpaired) electrons. The Morgan fingerprint density at radius 2 is 2.00 bits per heavy atom. The lowest BCUT2D eigenvalue weighted by molar-refractivity contribution is 0.103.